The van der Waals surface area contributed by atoms with Crippen molar-refractivity contribution in [2.75, 3.05) is 12.3 Å². The van der Waals surface area contributed by atoms with Gasteiger partial charge in [-0.05, 0) is 56.4 Å². The average molecular weight is 443 g/mol. The zero-order chi connectivity index (χ0) is 22.6. The van der Waals surface area contributed by atoms with Crippen LogP contribution in [0.3, 0.4) is 0 Å². The van der Waals surface area contributed by atoms with E-state index in [0.717, 1.165) is 16.6 Å². The summed E-state index contributed by atoms with van der Waals surface area (Å²) in [6.45, 7) is 8.29. The first-order chi connectivity index (χ1) is 14.6. The van der Waals surface area contributed by atoms with E-state index in [0.29, 0.717) is 10.7 Å². The zero-order valence-electron chi connectivity index (χ0n) is 18.3. The van der Waals surface area contributed by atoms with Crippen LogP contribution in [-0.4, -0.2) is 31.0 Å². The molecule has 0 aromatic heterocycles. The molecule has 2 aromatic rings. The fourth-order valence-corrected chi connectivity index (χ4v) is 3.13. The number of ether oxygens (including phenoxy) is 1. The number of benzene rings is 2. The molecular weight excluding hydrogens is 415 g/mol. The molecule has 3 N–H and O–H groups in total. The number of halogens is 1. The van der Waals surface area contributed by atoms with Crippen LogP contribution in [-0.2, 0) is 20.7 Å². The van der Waals surface area contributed by atoms with Gasteiger partial charge in [-0.25, -0.2) is 4.79 Å². The highest BCUT2D eigenvalue weighted by Crippen LogP contribution is 2.38. The van der Waals surface area contributed by atoms with Crippen LogP contribution in [0.1, 0.15) is 38.8 Å². The zero-order valence-corrected chi connectivity index (χ0v) is 19.0. The molecule has 1 amide bonds. The SMILES string of the molecule is CC1(C)OB(C(=Cc2ccc(Cl)c(N)c2)CNC(=O)OCc2ccccc2)OC1(C)C. The molecule has 0 spiro atoms. The Kier molecular flexibility index (Phi) is 6.99. The molecular formula is C23H28BClN2O4. The molecule has 1 aliphatic rings. The van der Waals surface area contributed by atoms with E-state index in [-0.39, 0.29) is 13.2 Å². The lowest BCUT2D eigenvalue weighted by molar-refractivity contribution is 0.00578. The standard InChI is InChI=1S/C23H28BClN2O4/c1-22(2)23(3,4)31-24(30-22)18(12-17-10-11-19(25)20(26)13-17)14-27-21(28)29-15-16-8-6-5-7-9-16/h5-13H,14-15,26H2,1-4H3,(H,27,28). The number of nitrogens with two attached hydrogens (primary N) is 1. The summed E-state index contributed by atoms with van der Waals surface area (Å²) in [6.07, 6.45) is 1.36. The second-order valence-electron chi connectivity index (χ2n) is 8.50. The molecule has 1 fully saturated rings. The van der Waals surface area contributed by atoms with Crippen LogP contribution < -0.4 is 11.1 Å². The van der Waals surface area contributed by atoms with Gasteiger partial charge in [-0.15, -0.1) is 0 Å². The van der Waals surface area contributed by atoms with Crippen molar-refractivity contribution in [1.29, 1.82) is 0 Å². The summed E-state index contributed by atoms with van der Waals surface area (Å²) in [4.78, 5) is 12.3. The molecule has 31 heavy (non-hydrogen) atoms. The molecule has 0 radical (unpaired) electrons. The van der Waals surface area contributed by atoms with Crippen LogP contribution in [0, 0.1) is 0 Å². The number of nitrogen functional groups attached to an aromatic ring is 1. The van der Waals surface area contributed by atoms with Gasteiger partial charge in [0.15, 0.2) is 0 Å². The molecule has 0 bridgehead atoms. The Labute approximate surface area is 188 Å². The third-order valence-corrected chi connectivity index (χ3v) is 5.92. The number of carbonyl (C=O) groups is 1. The van der Waals surface area contributed by atoms with Crippen LogP contribution in [0.25, 0.3) is 6.08 Å². The third-order valence-electron chi connectivity index (χ3n) is 5.58. The molecule has 0 atom stereocenters. The summed E-state index contributed by atoms with van der Waals surface area (Å²) >= 11 is 6.04. The predicted octanol–water partition coefficient (Wildman–Crippen LogP) is 4.86. The quantitative estimate of drug-likeness (QED) is 0.493. The predicted molar refractivity (Wildman–Crippen MR) is 125 cm³/mol. The van der Waals surface area contributed by atoms with Gasteiger partial charge in [0.2, 0.25) is 0 Å². The van der Waals surface area contributed by atoms with Crippen LogP contribution in [0.15, 0.2) is 54.0 Å². The smallest absolute Gasteiger partial charge is 0.445 e. The van der Waals surface area contributed by atoms with E-state index in [1.165, 1.54) is 0 Å². The first-order valence-corrected chi connectivity index (χ1v) is 10.5. The van der Waals surface area contributed by atoms with E-state index < -0.39 is 24.4 Å². The molecule has 1 aliphatic heterocycles. The van der Waals surface area contributed by atoms with Gasteiger partial charge in [0, 0.05) is 6.54 Å². The van der Waals surface area contributed by atoms with Gasteiger partial charge in [-0.3, -0.25) is 0 Å². The average Bonchev–Trinajstić information content (AvgIpc) is 2.94. The van der Waals surface area contributed by atoms with Gasteiger partial charge in [0.25, 0.3) is 0 Å². The van der Waals surface area contributed by atoms with E-state index >= 15 is 0 Å². The van der Waals surface area contributed by atoms with Crippen molar-refractivity contribution in [3.05, 3.63) is 70.2 Å². The largest absolute Gasteiger partial charge is 0.492 e. The van der Waals surface area contributed by atoms with Crippen molar-refractivity contribution in [2.45, 2.75) is 45.5 Å². The number of nitrogens with one attached hydrogen (secondary N) is 1. The first-order valence-electron chi connectivity index (χ1n) is 10.1. The second kappa shape index (κ2) is 9.34. The number of hydrogen-bond acceptors (Lipinski definition) is 5. The topological polar surface area (TPSA) is 82.8 Å². The maximum atomic E-state index is 12.3. The molecule has 0 aliphatic carbocycles. The molecule has 1 saturated heterocycles. The van der Waals surface area contributed by atoms with Gasteiger partial charge < -0.3 is 25.1 Å². The van der Waals surface area contributed by atoms with Gasteiger partial charge in [0.1, 0.15) is 6.61 Å². The molecule has 2 aromatic carbocycles. The highest BCUT2D eigenvalue weighted by Gasteiger charge is 2.52. The number of hydrogen-bond donors (Lipinski definition) is 2. The monoisotopic (exact) mass is 442 g/mol. The minimum Gasteiger partial charge on any atom is -0.445 e. The first kappa shape index (κ1) is 23.2. The lowest BCUT2D eigenvalue weighted by atomic mass is 9.77. The summed E-state index contributed by atoms with van der Waals surface area (Å²) in [5, 5.41) is 3.27. The second-order valence-corrected chi connectivity index (χ2v) is 8.91. The highest BCUT2D eigenvalue weighted by atomic mass is 35.5. The van der Waals surface area contributed by atoms with Gasteiger partial charge >= 0.3 is 13.2 Å². The van der Waals surface area contributed by atoms with E-state index in [9.17, 15) is 4.79 Å². The Hall–Kier alpha value is -2.48. The Morgan fingerprint density at radius 2 is 1.77 bits per heavy atom. The molecule has 1 heterocycles. The molecule has 164 valence electrons. The normalized spacial score (nSPS) is 17.5. The lowest BCUT2D eigenvalue weighted by Gasteiger charge is -2.32. The summed E-state index contributed by atoms with van der Waals surface area (Å²) < 4.78 is 17.7. The number of carbonyl (C=O) groups excluding carboxylic acids is 1. The number of rotatable bonds is 6. The summed E-state index contributed by atoms with van der Waals surface area (Å²) in [7, 11) is -0.628. The minimum atomic E-state index is -0.628. The number of anilines is 1. The number of amides is 1. The van der Waals surface area contributed by atoms with Gasteiger partial charge in [-0.2, -0.15) is 0 Å². The van der Waals surface area contributed by atoms with Crippen LogP contribution in [0.4, 0.5) is 10.5 Å². The minimum absolute atomic E-state index is 0.187. The van der Waals surface area contributed by atoms with Crippen LogP contribution in [0.5, 0.6) is 0 Å². The summed E-state index contributed by atoms with van der Waals surface area (Å²) in [6, 6.07) is 14.8. The number of alkyl carbamates (subject to hydrolysis) is 1. The maximum absolute atomic E-state index is 12.3. The Morgan fingerprint density at radius 1 is 1.13 bits per heavy atom. The Balaban J connectivity index is 1.73. The summed E-state index contributed by atoms with van der Waals surface area (Å²) in [5.74, 6) is 0. The van der Waals surface area contributed by atoms with Crippen LogP contribution >= 0.6 is 11.6 Å². The van der Waals surface area contributed by atoms with E-state index in [1.807, 2.05) is 70.2 Å². The molecule has 6 nitrogen and oxygen atoms in total. The van der Waals surface area contributed by atoms with E-state index in [4.69, 9.17) is 31.4 Å². The van der Waals surface area contributed by atoms with Crippen molar-refractivity contribution in [3.63, 3.8) is 0 Å². The third kappa shape index (κ3) is 5.82. The molecule has 8 heteroatoms. The van der Waals surface area contributed by atoms with Gasteiger partial charge in [0.05, 0.1) is 21.9 Å². The Morgan fingerprint density at radius 3 is 2.39 bits per heavy atom. The van der Waals surface area contributed by atoms with Crippen molar-refractivity contribution in [2.24, 2.45) is 0 Å². The van der Waals surface area contributed by atoms with Gasteiger partial charge in [-0.1, -0.05) is 54.1 Å². The molecule has 3 rings (SSSR count). The van der Waals surface area contributed by atoms with Crippen molar-refractivity contribution in [3.8, 4) is 0 Å². The van der Waals surface area contributed by atoms with Crippen molar-refractivity contribution < 1.29 is 18.8 Å². The van der Waals surface area contributed by atoms with E-state index in [2.05, 4.69) is 5.32 Å². The Bertz CT molecular complexity index is 947. The fourth-order valence-electron chi connectivity index (χ4n) is 3.01. The summed E-state index contributed by atoms with van der Waals surface area (Å²) in [5.41, 5.74) is 7.86. The van der Waals surface area contributed by atoms with Crippen LogP contribution in [0.2, 0.25) is 5.02 Å². The lowest BCUT2D eigenvalue weighted by Crippen LogP contribution is -2.41. The fraction of sp³-hybridized carbons (Fsp3) is 0.348. The molecule has 0 saturated carbocycles. The van der Waals surface area contributed by atoms with Crippen molar-refractivity contribution in [1.82, 2.24) is 5.32 Å². The van der Waals surface area contributed by atoms with E-state index in [1.54, 1.807) is 12.1 Å². The molecule has 0 unspecified atom stereocenters. The maximum Gasteiger partial charge on any atom is 0.492 e. The highest BCUT2D eigenvalue weighted by molar-refractivity contribution is 6.56. The van der Waals surface area contributed by atoms with Crippen molar-refractivity contribution >= 4 is 36.6 Å².